The number of nitrogens with zero attached hydrogens (tertiary/aromatic N) is 3. The highest BCUT2D eigenvalue weighted by Crippen LogP contribution is 2.30. The third kappa shape index (κ3) is 4.50. The Morgan fingerprint density at radius 3 is 2.70 bits per heavy atom. The number of hydrogen-bond acceptors (Lipinski definition) is 4. The van der Waals surface area contributed by atoms with Gasteiger partial charge in [0.1, 0.15) is 0 Å². The van der Waals surface area contributed by atoms with E-state index >= 15 is 0 Å². The number of aromatic amines is 1. The largest absolute Gasteiger partial charge is 0.416 e. The van der Waals surface area contributed by atoms with Crippen LogP contribution in [0.15, 0.2) is 48.5 Å². The third-order valence-electron chi connectivity index (χ3n) is 5.16. The van der Waals surface area contributed by atoms with E-state index in [0.29, 0.717) is 19.6 Å². The zero-order valence-corrected chi connectivity index (χ0v) is 16.2. The number of H-pyrrole nitrogens is 1. The van der Waals surface area contributed by atoms with Gasteiger partial charge >= 0.3 is 6.18 Å². The van der Waals surface area contributed by atoms with E-state index in [2.05, 4.69) is 20.2 Å². The molecule has 4 rings (SSSR count). The van der Waals surface area contributed by atoms with Crippen molar-refractivity contribution >= 4 is 28.6 Å². The number of benzene rings is 2. The second-order valence-electron chi connectivity index (χ2n) is 7.23. The van der Waals surface area contributed by atoms with Crippen molar-refractivity contribution < 1.29 is 18.0 Å². The summed E-state index contributed by atoms with van der Waals surface area (Å²) >= 11 is 0. The second-order valence-corrected chi connectivity index (χ2v) is 7.23. The summed E-state index contributed by atoms with van der Waals surface area (Å²) in [6.45, 7) is 2.48. The lowest BCUT2D eigenvalue weighted by atomic mass is 10.2. The van der Waals surface area contributed by atoms with Gasteiger partial charge in [0.2, 0.25) is 11.9 Å². The van der Waals surface area contributed by atoms with E-state index < -0.39 is 11.7 Å². The molecule has 1 aliphatic heterocycles. The lowest BCUT2D eigenvalue weighted by Crippen LogP contribution is -2.38. The number of imidazole rings is 1. The highest BCUT2D eigenvalue weighted by Gasteiger charge is 2.30. The first-order valence-corrected chi connectivity index (χ1v) is 9.79. The monoisotopic (exact) mass is 417 g/mol. The summed E-state index contributed by atoms with van der Waals surface area (Å²) in [7, 11) is 0. The van der Waals surface area contributed by atoms with E-state index in [1.54, 1.807) is 4.90 Å². The molecule has 0 unspecified atom stereocenters. The number of carbonyl (C=O) groups is 1. The van der Waals surface area contributed by atoms with E-state index in [4.69, 9.17) is 0 Å². The molecule has 9 heteroatoms. The fourth-order valence-electron chi connectivity index (χ4n) is 3.56. The van der Waals surface area contributed by atoms with Gasteiger partial charge in [0.05, 0.1) is 23.1 Å². The van der Waals surface area contributed by atoms with Gasteiger partial charge in [-0.1, -0.05) is 18.2 Å². The van der Waals surface area contributed by atoms with E-state index in [0.717, 1.165) is 42.1 Å². The Labute approximate surface area is 171 Å². The van der Waals surface area contributed by atoms with Crippen LogP contribution in [0.5, 0.6) is 0 Å². The van der Waals surface area contributed by atoms with Gasteiger partial charge in [-0.3, -0.25) is 4.79 Å². The molecule has 3 aromatic rings. The summed E-state index contributed by atoms with van der Waals surface area (Å²) in [5.41, 5.74) is 1.40. The van der Waals surface area contributed by atoms with Crippen LogP contribution in [-0.2, 0) is 11.0 Å². The van der Waals surface area contributed by atoms with Gasteiger partial charge in [-0.2, -0.15) is 13.2 Å². The van der Waals surface area contributed by atoms with Crippen LogP contribution in [0, 0.1) is 0 Å². The number of halogens is 3. The van der Waals surface area contributed by atoms with Crippen LogP contribution >= 0.6 is 0 Å². The fourth-order valence-corrected chi connectivity index (χ4v) is 3.56. The molecule has 2 N–H and O–H groups in total. The number of para-hydroxylation sites is 2. The maximum Gasteiger partial charge on any atom is 0.416 e. The Kier molecular flexibility index (Phi) is 5.52. The quantitative estimate of drug-likeness (QED) is 0.679. The van der Waals surface area contributed by atoms with E-state index in [1.807, 2.05) is 24.3 Å². The van der Waals surface area contributed by atoms with Gasteiger partial charge in [0.25, 0.3) is 0 Å². The number of amides is 1. The number of alkyl halides is 3. The Hall–Kier alpha value is -3.23. The molecular weight excluding hydrogens is 395 g/mol. The van der Waals surface area contributed by atoms with Crippen LogP contribution in [0.25, 0.3) is 11.0 Å². The predicted octanol–water partition coefficient (Wildman–Crippen LogP) is 3.73. The zero-order chi connectivity index (χ0) is 21.1. The first-order chi connectivity index (χ1) is 14.4. The molecule has 0 atom stereocenters. The fraction of sp³-hybridized carbons (Fsp3) is 0.333. The Bertz CT molecular complexity index is 1000. The number of aromatic nitrogens is 2. The van der Waals surface area contributed by atoms with Gasteiger partial charge in [0.15, 0.2) is 0 Å². The molecule has 6 nitrogen and oxygen atoms in total. The molecule has 1 aromatic heterocycles. The van der Waals surface area contributed by atoms with Crippen LogP contribution < -0.4 is 10.2 Å². The van der Waals surface area contributed by atoms with Crippen molar-refractivity contribution in [1.82, 2.24) is 14.9 Å². The molecular formula is C21H22F3N5O. The summed E-state index contributed by atoms with van der Waals surface area (Å²) in [6, 6.07) is 12.7. The molecule has 30 heavy (non-hydrogen) atoms. The highest BCUT2D eigenvalue weighted by atomic mass is 19.4. The van der Waals surface area contributed by atoms with E-state index in [1.165, 1.54) is 12.1 Å². The Balaban J connectivity index is 1.34. The number of carbonyl (C=O) groups excluding carboxylic acids is 1. The van der Waals surface area contributed by atoms with Crippen LogP contribution in [0.2, 0.25) is 0 Å². The Morgan fingerprint density at radius 1 is 1.07 bits per heavy atom. The summed E-state index contributed by atoms with van der Waals surface area (Å²) in [5.74, 6) is 0.645. The third-order valence-corrected chi connectivity index (χ3v) is 5.16. The first kappa shape index (κ1) is 20.1. The lowest BCUT2D eigenvalue weighted by Gasteiger charge is -2.22. The Morgan fingerprint density at radius 2 is 1.90 bits per heavy atom. The summed E-state index contributed by atoms with van der Waals surface area (Å²) in [6.07, 6.45) is -3.63. The normalized spacial score (nSPS) is 15.3. The highest BCUT2D eigenvalue weighted by molar-refractivity contribution is 5.81. The van der Waals surface area contributed by atoms with Crippen LogP contribution in [0.4, 0.5) is 24.8 Å². The van der Waals surface area contributed by atoms with Crippen molar-refractivity contribution in [3.8, 4) is 0 Å². The van der Waals surface area contributed by atoms with Gasteiger partial charge in [0, 0.05) is 31.9 Å². The molecule has 0 spiro atoms. The number of nitrogens with one attached hydrogen (secondary N) is 2. The van der Waals surface area contributed by atoms with Crippen molar-refractivity contribution in [3.05, 3.63) is 54.1 Å². The summed E-state index contributed by atoms with van der Waals surface area (Å²) < 4.78 is 38.5. The molecule has 0 aliphatic carbocycles. The SMILES string of the molecule is O=C(CNc1cccc(C(F)(F)F)c1)N1CCCN(c2nc3ccccc3[nH]2)CC1. The van der Waals surface area contributed by atoms with Crippen molar-refractivity contribution in [2.24, 2.45) is 0 Å². The molecule has 0 saturated carbocycles. The maximum atomic E-state index is 12.8. The molecule has 1 saturated heterocycles. The van der Waals surface area contributed by atoms with Crippen LogP contribution in [-0.4, -0.2) is 53.5 Å². The second kappa shape index (κ2) is 8.25. The molecule has 2 aromatic carbocycles. The molecule has 0 bridgehead atoms. The molecule has 2 heterocycles. The summed E-state index contributed by atoms with van der Waals surface area (Å²) in [4.78, 5) is 24.4. The average molecular weight is 417 g/mol. The van der Waals surface area contributed by atoms with Crippen LogP contribution in [0.3, 0.4) is 0 Å². The van der Waals surface area contributed by atoms with E-state index in [9.17, 15) is 18.0 Å². The van der Waals surface area contributed by atoms with Gasteiger partial charge < -0.3 is 20.1 Å². The zero-order valence-electron chi connectivity index (χ0n) is 16.2. The predicted molar refractivity (Wildman–Crippen MR) is 109 cm³/mol. The first-order valence-electron chi connectivity index (χ1n) is 9.79. The minimum absolute atomic E-state index is 0.0497. The lowest BCUT2D eigenvalue weighted by molar-refractivity contribution is -0.137. The topological polar surface area (TPSA) is 64.3 Å². The minimum atomic E-state index is -4.41. The number of hydrogen-bond donors (Lipinski definition) is 2. The number of fused-ring (bicyclic) bond motifs is 1. The van der Waals surface area contributed by atoms with Gasteiger partial charge in [-0.05, 0) is 36.8 Å². The van der Waals surface area contributed by atoms with Crippen molar-refractivity contribution in [1.29, 1.82) is 0 Å². The average Bonchev–Trinajstić information content (AvgIpc) is 3.01. The number of anilines is 2. The van der Waals surface area contributed by atoms with Gasteiger partial charge in [-0.15, -0.1) is 0 Å². The number of rotatable bonds is 4. The van der Waals surface area contributed by atoms with Crippen molar-refractivity contribution in [2.75, 3.05) is 42.9 Å². The van der Waals surface area contributed by atoms with E-state index in [-0.39, 0.29) is 18.1 Å². The standard InChI is InChI=1S/C21H22F3N5O/c22-21(23,24)15-5-3-6-16(13-15)25-14-19(30)28-9-4-10-29(12-11-28)20-26-17-7-1-2-8-18(17)27-20/h1-3,5-8,13,25H,4,9-12,14H2,(H,26,27). The molecule has 1 fully saturated rings. The van der Waals surface area contributed by atoms with Gasteiger partial charge in [-0.25, -0.2) is 4.98 Å². The molecule has 0 radical (unpaired) electrons. The summed E-state index contributed by atoms with van der Waals surface area (Å²) in [5, 5.41) is 2.81. The smallest absolute Gasteiger partial charge is 0.376 e. The molecule has 1 amide bonds. The van der Waals surface area contributed by atoms with Crippen LogP contribution in [0.1, 0.15) is 12.0 Å². The van der Waals surface area contributed by atoms with Crippen molar-refractivity contribution in [2.45, 2.75) is 12.6 Å². The molecule has 1 aliphatic rings. The molecule has 158 valence electrons. The maximum absolute atomic E-state index is 12.8. The minimum Gasteiger partial charge on any atom is -0.376 e. The van der Waals surface area contributed by atoms with Crippen molar-refractivity contribution in [3.63, 3.8) is 0 Å².